The molecule has 2 aromatic carbocycles. The summed E-state index contributed by atoms with van der Waals surface area (Å²) < 4.78 is 12.3. The van der Waals surface area contributed by atoms with Gasteiger partial charge in [0.25, 0.3) is 0 Å². The smallest absolute Gasteiger partial charge is 0.231 e. The van der Waals surface area contributed by atoms with Crippen molar-refractivity contribution in [2.45, 2.75) is 56.8 Å². The van der Waals surface area contributed by atoms with Gasteiger partial charge in [0.2, 0.25) is 5.89 Å². The number of aliphatic hydroxyl groups is 1. The third-order valence-electron chi connectivity index (χ3n) is 6.93. The topological polar surface area (TPSA) is 58.7 Å². The molecule has 1 aliphatic rings. The Labute approximate surface area is 207 Å². The van der Waals surface area contributed by atoms with Crippen LogP contribution in [0, 0.1) is 5.92 Å². The zero-order chi connectivity index (χ0) is 24.0. The first kappa shape index (κ1) is 24.9. The zero-order valence-corrected chi connectivity index (χ0v) is 20.9. The summed E-state index contributed by atoms with van der Waals surface area (Å²) in [7, 11) is 4.05. The van der Waals surface area contributed by atoms with Crippen molar-refractivity contribution >= 4 is 11.6 Å². The van der Waals surface area contributed by atoms with Crippen molar-refractivity contribution in [3.05, 3.63) is 88.6 Å². The monoisotopic (exact) mass is 482 g/mol. The molecule has 4 rings (SSSR count). The molecule has 0 bridgehead atoms. The Bertz CT molecular complexity index is 1020. The highest BCUT2D eigenvalue weighted by Crippen LogP contribution is 2.44. The Balaban J connectivity index is 1.49. The molecule has 1 heterocycles. The zero-order valence-electron chi connectivity index (χ0n) is 20.1. The van der Waals surface area contributed by atoms with Gasteiger partial charge in [-0.2, -0.15) is 0 Å². The van der Waals surface area contributed by atoms with Gasteiger partial charge in [0, 0.05) is 17.5 Å². The second-order valence-electron chi connectivity index (χ2n) is 9.48. The summed E-state index contributed by atoms with van der Waals surface area (Å²) in [6.45, 7) is 1.11. The lowest BCUT2D eigenvalue weighted by molar-refractivity contribution is -0.0249. The van der Waals surface area contributed by atoms with Crippen molar-refractivity contribution in [2.24, 2.45) is 5.92 Å². The van der Waals surface area contributed by atoms with E-state index in [-0.39, 0.29) is 12.0 Å². The lowest BCUT2D eigenvalue weighted by Crippen LogP contribution is -2.38. The van der Waals surface area contributed by atoms with Crippen molar-refractivity contribution < 1.29 is 14.3 Å². The molecule has 6 heteroatoms. The Morgan fingerprint density at radius 3 is 2.47 bits per heavy atom. The Morgan fingerprint density at radius 2 is 1.79 bits per heavy atom. The van der Waals surface area contributed by atoms with Gasteiger partial charge in [-0.3, -0.25) is 4.90 Å². The highest BCUT2D eigenvalue weighted by molar-refractivity contribution is 6.30. The van der Waals surface area contributed by atoms with Crippen LogP contribution in [-0.4, -0.2) is 35.7 Å². The summed E-state index contributed by atoms with van der Waals surface area (Å²) >= 11 is 5.96. The normalized spacial score (nSPS) is 17.6. The molecule has 0 spiro atoms. The number of hydrogen-bond acceptors (Lipinski definition) is 5. The summed E-state index contributed by atoms with van der Waals surface area (Å²) in [5.74, 6) is 1.24. The maximum Gasteiger partial charge on any atom is 0.231 e. The van der Waals surface area contributed by atoms with Gasteiger partial charge in [-0.25, -0.2) is 4.98 Å². The quantitative estimate of drug-likeness (QED) is 0.341. The summed E-state index contributed by atoms with van der Waals surface area (Å²) in [6.07, 6.45) is 7.93. The summed E-state index contributed by atoms with van der Waals surface area (Å²) in [5, 5.41) is 12.8. The number of halogens is 1. The largest absolute Gasteiger partial charge is 0.441 e. The van der Waals surface area contributed by atoms with E-state index < -0.39 is 5.60 Å². The van der Waals surface area contributed by atoms with Crippen LogP contribution in [0.1, 0.15) is 67.3 Å². The molecule has 34 heavy (non-hydrogen) atoms. The van der Waals surface area contributed by atoms with Gasteiger partial charge in [0.15, 0.2) is 5.60 Å². The standard InChI is InChI=1S/C28H35ClN2O3/c1-31(2)25(17-18-33-20-21-13-15-24(29)16-14-21)26-19-30-27(34-26)28(32,22-9-5-3-6-10-22)23-11-7-4-8-12-23/h3,5-6,9-10,13-16,19,23,25,32H,4,7-8,11-12,17-18,20H2,1-2H3/t25?,28-/m0/s1. The van der Waals surface area contributed by atoms with Crippen molar-refractivity contribution in [1.29, 1.82) is 0 Å². The van der Waals surface area contributed by atoms with Crippen molar-refractivity contribution in [1.82, 2.24) is 9.88 Å². The van der Waals surface area contributed by atoms with E-state index in [4.69, 9.17) is 20.8 Å². The van der Waals surface area contributed by atoms with Crippen LogP contribution in [0.4, 0.5) is 0 Å². The molecular weight excluding hydrogens is 448 g/mol. The first-order valence-electron chi connectivity index (χ1n) is 12.2. The van der Waals surface area contributed by atoms with E-state index in [0.717, 1.165) is 54.0 Å². The minimum Gasteiger partial charge on any atom is -0.441 e. The Kier molecular flexibility index (Phi) is 8.43. The molecule has 0 amide bonds. The molecule has 0 radical (unpaired) electrons. The van der Waals surface area contributed by atoms with E-state index >= 15 is 0 Å². The number of oxazole rings is 1. The second kappa shape index (κ2) is 11.5. The van der Waals surface area contributed by atoms with Crippen molar-refractivity contribution in [2.75, 3.05) is 20.7 Å². The third-order valence-corrected chi connectivity index (χ3v) is 7.18. The molecule has 1 unspecified atom stereocenters. The van der Waals surface area contributed by atoms with E-state index in [1.807, 2.05) is 68.7 Å². The SMILES string of the molecule is CN(C)C(CCOCc1ccc(Cl)cc1)c1cnc([C@](O)(c2ccccc2)C2CCCCC2)o1. The maximum absolute atomic E-state index is 12.1. The van der Waals surface area contributed by atoms with Crippen LogP contribution in [0.2, 0.25) is 5.02 Å². The first-order chi connectivity index (χ1) is 16.5. The van der Waals surface area contributed by atoms with Gasteiger partial charge >= 0.3 is 0 Å². The van der Waals surface area contributed by atoms with Crippen LogP contribution in [-0.2, 0) is 16.9 Å². The fraction of sp³-hybridized carbons (Fsp3) is 0.464. The molecule has 0 saturated heterocycles. The predicted octanol–water partition coefficient (Wildman–Crippen LogP) is 6.35. The maximum atomic E-state index is 12.1. The molecule has 0 aliphatic heterocycles. The van der Waals surface area contributed by atoms with Gasteiger partial charge < -0.3 is 14.3 Å². The number of benzene rings is 2. The number of ether oxygens (including phenoxy) is 1. The van der Waals surface area contributed by atoms with Gasteiger partial charge in [-0.15, -0.1) is 0 Å². The highest BCUT2D eigenvalue weighted by Gasteiger charge is 2.45. The second-order valence-corrected chi connectivity index (χ2v) is 9.92. The van der Waals surface area contributed by atoms with Crippen LogP contribution in [0.25, 0.3) is 0 Å². The summed E-state index contributed by atoms with van der Waals surface area (Å²) in [5.41, 5.74) is 0.721. The minimum atomic E-state index is -1.22. The molecule has 1 aliphatic carbocycles. The fourth-order valence-corrected chi connectivity index (χ4v) is 5.11. The fourth-order valence-electron chi connectivity index (χ4n) is 4.98. The van der Waals surface area contributed by atoms with Gasteiger partial charge in [-0.05, 0) is 56.6 Å². The van der Waals surface area contributed by atoms with E-state index in [1.54, 1.807) is 6.20 Å². The van der Waals surface area contributed by atoms with Crippen LogP contribution in [0.5, 0.6) is 0 Å². The molecule has 2 atom stereocenters. The van der Waals surface area contributed by atoms with Gasteiger partial charge in [-0.1, -0.05) is 73.3 Å². The molecule has 3 aromatic rings. The molecular formula is C28H35ClN2O3. The van der Waals surface area contributed by atoms with E-state index in [1.165, 1.54) is 6.42 Å². The van der Waals surface area contributed by atoms with Crippen LogP contribution in [0.15, 0.2) is 65.2 Å². The molecule has 182 valence electrons. The number of rotatable bonds is 10. The lowest BCUT2D eigenvalue weighted by Gasteiger charge is -2.36. The molecule has 1 saturated carbocycles. The van der Waals surface area contributed by atoms with Crippen molar-refractivity contribution in [3.8, 4) is 0 Å². The Morgan fingerprint density at radius 1 is 1.09 bits per heavy atom. The molecule has 1 aromatic heterocycles. The van der Waals surface area contributed by atoms with Crippen molar-refractivity contribution in [3.63, 3.8) is 0 Å². The minimum absolute atomic E-state index is 0.00199. The molecule has 1 N–H and O–H groups in total. The molecule has 1 fully saturated rings. The number of hydrogen-bond donors (Lipinski definition) is 1. The third kappa shape index (κ3) is 5.72. The van der Waals surface area contributed by atoms with Gasteiger partial charge in [0.1, 0.15) is 5.76 Å². The van der Waals surface area contributed by atoms with Crippen LogP contribution in [0.3, 0.4) is 0 Å². The lowest BCUT2D eigenvalue weighted by atomic mass is 9.73. The average Bonchev–Trinajstić information content (AvgIpc) is 3.36. The van der Waals surface area contributed by atoms with E-state index in [2.05, 4.69) is 9.88 Å². The summed E-state index contributed by atoms with van der Waals surface area (Å²) in [4.78, 5) is 6.74. The van der Waals surface area contributed by atoms with Crippen LogP contribution < -0.4 is 0 Å². The van der Waals surface area contributed by atoms with E-state index in [0.29, 0.717) is 19.1 Å². The predicted molar refractivity (Wildman–Crippen MR) is 135 cm³/mol. The molecule has 5 nitrogen and oxygen atoms in total. The number of nitrogens with zero attached hydrogens (tertiary/aromatic N) is 2. The number of aromatic nitrogens is 1. The Hall–Kier alpha value is -2.18. The van der Waals surface area contributed by atoms with Gasteiger partial charge in [0.05, 0.1) is 18.8 Å². The van der Waals surface area contributed by atoms with Crippen LogP contribution >= 0.6 is 11.6 Å². The summed E-state index contributed by atoms with van der Waals surface area (Å²) in [6, 6.07) is 17.6. The van der Waals surface area contributed by atoms with E-state index in [9.17, 15) is 5.11 Å². The first-order valence-corrected chi connectivity index (χ1v) is 12.6. The highest BCUT2D eigenvalue weighted by atomic mass is 35.5. The average molecular weight is 483 g/mol.